The minimum Gasteiger partial charge on any atom is -0.469 e. The number of nitrogens with one attached hydrogen (secondary N) is 1. The van der Waals surface area contributed by atoms with Crippen molar-refractivity contribution >= 4 is 23.5 Å². The zero-order valence-corrected chi connectivity index (χ0v) is 12.7. The van der Waals surface area contributed by atoms with Crippen LogP contribution < -0.4 is 5.32 Å². The molecule has 7 nitrogen and oxygen atoms in total. The first-order chi connectivity index (χ1) is 10.5. The highest BCUT2D eigenvalue weighted by Gasteiger charge is 2.30. The molecule has 0 aliphatic carbocycles. The summed E-state index contributed by atoms with van der Waals surface area (Å²) in [5.74, 6) is -1.74. The van der Waals surface area contributed by atoms with Gasteiger partial charge in [-0.15, -0.1) is 0 Å². The Balaban J connectivity index is 1.89. The van der Waals surface area contributed by atoms with Gasteiger partial charge in [0.05, 0.1) is 24.9 Å². The number of nitrogens with zero attached hydrogens (tertiary/aromatic N) is 2. The predicted molar refractivity (Wildman–Crippen MR) is 78.9 cm³/mol. The number of likely N-dealkylation sites (tertiary alicyclic amines) is 1. The van der Waals surface area contributed by atoms with E-state index < -0.39 is 11.8 Å². The summed E-state index contributed by atoms with van der Waals surface area (Å²) < 4.78 is 4.69. The van der Waals surface area contributed by atoms with Crippen molar-refractivity contribution in [1.29, 1.82) is 0 Å². The van der Waals surface area contributed by atoms with Crippen molar-refractivity contribution in [2.45, 2.75) is 19.8 Å². The molecule has 1 aromatic rings. The number of piperidine rings is 1. The molecule has 0 bridgehead atoms. The Morgan fingerprint density at radius 1 is 1.27 bits per heavy atom. The summed E-state index contributed by atoms with van der Waals surface area (Å²) in [6.45, 7) is 2.60. The summed E-state index contributed by atoms with van der Waals surface area (Å²) in [4.78, 5) is 40.9. The first-order valence-corrected chi connectivity index (χ1v) is 7.11. The number of carbonyl (C=O) groups excluding carboxylic acids is 3. The first kappa shape index (κ1) is 15.9. The number of methoxy groups -OCH3 is 1. The Kier molecular flexibility index (Phi) is 5.08. The lowest BCUT2D eigenvalue weighted by Gasteiger charge is -2.30. The fraction of sp³-hybridized carbons (Fsp3) is 0.467. The standard InChI is InChI=1S/C15H19N3O4/c1-10-7-12(9-16-8-10)17-13(19)14(20)18-5-3-11(4-6-18)15(21)22-2/h7-9,11H,3-6H2,1-2H3,(H,17,19). The normalized spacial score (nSPS) is 15.3. The Labute approximate surface area is 128 Å². The van der Waals surface area contributed by atoms with E-state index in [0.717, 1.165) is 5.56 Å². The molecule has 0 saturated carbocycles. The van der Waals surface area contributed by atoms with Crippen LogP contribution in [0.4, 0.5) is 5.69 Å². The number of hydrogen-bond acceptors (Lipinski definition) is 5. The Morgan fingerprint density at radius 3 is 2.55 bits per heavy atom. The van der Waals surface area contributed by atoms with Crippen LogP contribution in [-0.2, 0) is 19.1 Å². The summed E-state index contributed by atoms with van der Waals surface area (Å²) in [5.41, 5.74) is 1.38. The Morgan fingerprint density at radius 2 is 1.95 bits per heavy atom. The second kappa shape index (κ2) is 7.02. The van der Waals surface area contributed by atoms with E-state index in [-0.39, 0.29) is 11.9 Å². The predicted octanol–water partition coefficient (Wildman–Crippen LogP) is 0.740. The molecule has 1 aliphatic heterocycles. The lowest BCUT2D eigenvalue weighted by Crippen LogP contribution is -2.45. The van der Waals surface area contributed by atoms with Gasteiger partial charge in [-0.1, -0.05) is 0 Å². The van der Waals surface area contributed by atoms with Gasteiger partial charge < -0.3 is 15.0 Å². The summed E-state index contributed by atoms with van der Waals surface area (Å²) >= 11 is 0. The van der Waals surface area contributed by atoms with E-state index in [9.17, 15) is 14.4 Å². The number of esters is 1. The second-order valence-electron chi connectivity index (χ2n) is 5.29. The van der Waals surface area contributed by atoms with E-state index in [1.54, 1.807) is 12.3 Å². The molecule has 0 atom stereocenters. The summed E-state index contributed by atoms with van der Waals surface area (Å²) in [5, 5.41) is 2.54. The summed E-state index contributed by atoms with van der Waals surface area (Å²) in [6.07, 6.45) is 4.17. The van der Waals surface area contributed by atoms with Gasteiger partial charge in [-0.3, -0.25) is 19.4 Å². The van der Waals surface area contributed by atoms with Crippen molar-refractivity contribution in [3.05, 3.63) is 24.0 Å². The molecular weight excluding hydrogens is 286 g/mol. The molecule has 1 aliphatic rings. The highest BCUT2D eigenvalue weighted by Crippen LogP contribution is 2.18. The van der Waals surface area contributed by atoms with Gasteiger partial charge in [-0.05, 0) is 31.4 Å². The number of pyridine rings is 1. The monoisotopic (exact) mass is 305 g/mol. The quantitative estimate of drug-likeness (QED) is 0.643. The zero-order chi connectivity index (χ0) is 16.1. The van der Waals surface area contributed by atoms with Crippen LogP contribution in [0.5, 0.6) is 0 Å². The molecule has 1 N–H and O–H groups in total. The van der Waals surface area contributed by atoms with Crippen molar-refractivity contribution in [2.75, 3.05) is 25.5 Å². The van der Waals surface area contributed by atoms with Gasteiger partial charge in [0.25, 0.3) is 0 Å². The van der Waals surface area contributed by atoms with Crippen molar-refractivity contribution in [1.82, 2.24) is 9.88 Å². The smallest absolute Gasteiger partial charge is 0.313 e. The van der Waals surface area contributed by atoms with Crippen LogP contribution in [0.3, 0.4) is 0 Å². The van der Waals surface area contributed by atoms with E-state index >= 15 is 0 Å². The maximum atomic E-state index is 12.1. The molecule has 0 spiro atoms. The third-order valence-corrected chi connectivity index (χ3v) is 3.64. The van der Waals surface area contributed by atoms with Crippen LogP contribution in [0.15, 0.2) is 18.5 Å². The summed E-state index contributed by atoms with van der Waals surface area (Å²) in [6, 6.07) is 1.74. The van der Waals surface area contributed by atoms with Crippen molar-refractivity contribution in [2.24, 2.45) is 5.92 Å². The highest BCUT2D eigenvalue weighted by atomic mass is 16.5. The largest absolute Gasteiger partial charge is 0.469 e. The molecule has 7 heteroatoms. The minimum absolute atomic E-state index is 0.196. The van der Waals surface area contributed by atoms with Crippen LogP contribution in [0, 0.1) is 12.8 Å². The highest BCUT2D eigenvalue weighted by molar-refractivity contribution is 6.39. The molecule has 2 rings (SSSR count). The number of hydrogen-bond donors (Lipinski definition) is 1. The number of anilines is 1. The van der Waals surface area contributed by atoms with Crippen LogP contribution in [-0.4, -0.2) is 47.9 Å². The molecule has 118 valence electrons. The molecular formula is C15H19N3O4. The average molecular weight is 305 g/mol. The lowest BCUT2D eigenvalue weighted by atomic mass is 9.97. The average Bonchev–Trinajstić information content (AvgIpc) is 2.53. The molecule has 22 heavy (non-hydrogen) atoms. The van der Waals surface area contributed by atoms with Crippen molar-refractivity contribution in [3.63, 3.8) is 0 Å². The molecule has 2 amide bonds. The third kappa shape index (κ3) is 3.81. The SMILES string of the molecule is COC(=O)C1CCN(C(=O)C(=O)Nc2cncc(C)c2)CC1. The number of rotatable bonds is 2. The van der Waals surface area contributed by atoms with Gasteiger partial charge in [-0.25, -0.2) is 0 Å². The number of amides is 2. The third-order valence-electron chi connectivity index (χ3n) is 3.64. The Hall–Kier alpha value is -2.44. The van der Waals surface area contributed by atoms with E-state index in [4.69, 9.17) is 4.74 Å². The van der Waals surface area contributed by atoms with Gasteiger partial charge in [0.2, 0.25) is 0 Å². The first-order valence-electron chi connectivity index (χ1n) is 7.11. The second-order valence-corrected chi connectivity index (χ2v) is 5.29. The van der Waals surface area contributed by atoms with Crippen LogP contribution >= 0.6 is 0 Å². The molecule has 0 unspecified atom stereocenters. The van der Waals surface area contributed by atoms with Crippen LogP contribution in [0.2, 0.25) is 0 Å². The van der Waals surface area contributed by atoms with Crippen LogP contribution in [0.25, 0.3) is 0 Å². The number of aromatic nitrogens is 1. The van der Waals surface area contributed by atoms with Crippen LogP contribution in [0.1, 0.15) is 18.4 Å². The van der Waals surface area contributed by atoms with Gasteiger partial charge in [0, 0.05) is 19.3 Å². The van der Waals surface area contributed by atoms with E-state index in [2.05, 4.69) is 10.3 Å². The summed E-state index contributed by atoms with van der Waals surface area (Å²) in [7, 11) is 1.35. The molecule has 1 saturated heterocycles. The fourth-order valence-electron chi connectivity index (χ4n) is 2.44. The Bertz CT molecular complexity index is 580. The van der Waals surface area contributed by atoms with Gasteiger partial charge in [0.1, 0.15) is 0 Å². The molecule has 0 aromatic carbocycles. The lowest BCUT2D eigenvalue weighted by molar-refractivity contribution is -0.150. The van der Waals surface area contributed by atoms with Crippen molar-refractivity contribution in [3.8, 4) is 0 Å². The van der Waals surface area contributed by atoms with E-state index in [0.29, 0.717) is 31.6 Å². The molecule has 1 aromatic heterocycles. The van der Waals surface area contributed by atoms with Gasteiger partial charge >= 0.3 is 17.8 Å². The van der Waals surface area contributed by atoms with Crippen molar-refractivity contribution < 1.29 is 19.1 Å². The van der Waals surface area contributed by atoms with Gasteiger partial charge in [0.15, 0.2) is 0 Å². The van der Waals surface area contributed by atoms with Gasteiger partial charge in [-0.2, -0.15) is 0 Å². The topological polar surface area (TPSA) is 88.6 Å². The maximum absolute atomic E-state index is 12.1. The number of ether oxygens (including phenoxy) is 1. The fourth-order valence-corrected chi connectivity index (χ4v) is 2.44. The zero-order valence-electron chi connectivity index (χ0n) is 12.7. The van der Waals surface area contributed by atoms with E-state index in [1.807, 2.05) is 6.92 Å². The number of aryl methyl sites for hydroxylation is 1. The van der Waals surface area contributed by atoms with E-state index in [1.165, 1.54) is 18.2 Å². The molecule has 0 radical (unpaired) electrons. The number of carbonyl (C=O) groups is 3. The minimum atomic E-state index is -0.691. The molecule has 2 heterocycles. The molecule has 1 fully saturated rings. The maximum Gasteiger partial charge on any atom is 0.313 e.